The van der Waals surface area contributed by atoms with Crippen LogP contribution in [0.2, 0.25) is 0 Å². The summed E-state index contributed by atoms with van der Waals surface area (Å²) in [5, 5.41) is 3.26. The number of aryl methyl sites for hydroxylation is 2. The molecule has 0 saturated carbocycles. The van der Waals surface area contributed by atoms with Crippen molar-refractivity contribution in [3.63, 3.8) is 0 Å². The fourth-order valence-corrected chi connectivity index (χ4v) is 4.71. The van der Waals surface area contributed by atoms with Gasteiger partial charge in [0.05, 0.1) is 5.75 Å². The minimum Gasteiger partial charge on any atom is -0.316 e. The van der Waals surface area contributed by atoms with E-state index in [1.807, 2.05) is 12.1 Å². The van der Waals surface area contributed by atoms with E-state index in [4.69, 9.17) is 0 Å². The van der Waals surface area contributed by atoms with Crippen LogP contribution in [-0.4, -0.2) is 27.3 Å². The second-order valence-electron chi connectivity index (χ2n) is 5.93. The van der Waals surface area contributed by atoms with Crippen LogP contribution in [0.4, 0.5) is 5.69 Å². The highest BCUT2D eigenvalue weighted by atomic mass is 32.2. The van der Waals surface area contributed by atoms with Crippen molar-refractivity contribution in [2.75, 3.05) is 23.6 Å². The van der Waals surface area contributed by atoms with Gasteiger partial charge in [-0.05, 0) is 74.4 Å². The summed E-state index contributed by atoms with van der Waals surface area (Å²) in [6, 6.07) is 5.95. The lowest BCUT2D eigenvalue weighted by molar-refractivity contribution is 0.404. The molecule has 1 unspecified atom stereocenters. The Morgan fingerprint density at radius 3 is 2.85 bits per heavy atom. The van der Waals surface area contributed by atoms with Gasteiger partial charge in [-0.2, -0.15) is 0 Å². The van der Waals surface area contributed by atoms with Crippen LogP contribution in [-0.2, 0) is 22.9 Å². The standard InChI is InChI=1S/C15H22N2O2S/c18-20(19,11-12-3-2-8-16-10-12)17-15-7-6-13-4-1-5-14(13)9-15/h6-7,9,12,16-17H,1-5,8,10-11H2. The van der Waals surface area contributed by atoms with Crippen LogP contribution < -0.4 is 10.0 Å². The minimum absolute atomic E-state index is 0.219. The van der Waals surface area contributed by atoms with E-state index in [0.717, 1.165) is 44.5 Å². The van der Waals surface area contributed by atoms with E-state index >= 15 is 0 Å². The van der Waals surface area contributed by atoms with Crippen LogP contribution >= 0.6 is 0 Å². The molecule has 20 heavy (non-hydrogen) atoms. The summed E-state index contributed by atoms with van der Waals surface area (Å²) < 4.78 is 27.2. The van der Waals surface area contributed by atoms with Gasteiger partial charge in [-0.25, -0.2) is 8.42 Å². The molecule has 4 nitrogen and oxygen atoms in total. The summed E-state index contributed by atoms with van der Waals surface area (Å²) in [5.41, 5.74) is 3.38. The van der Waals surface area contributed by atoms with E-state index < -0.39 is 10.0 Å². The number of nitrogens with one attached hydrogen (secondary N) is 2. The Morgan fingerprint density at radius 2 is 2.05 bits per heavy atom. The molecule has 110 valence electrons. The molecule has 1 aromatic rings. The summed E-state index contributed by atoms with van der Waals surface area (Å²) in [6.45, 7) is 1.82. The Bertz CT molecular complexity index is 578. The molecule has 1 aliphatic carbocycles. The van der Waals surface area contributed by atoms with Gasteiger partial charge >= 0.3 is 0 Å². The average Bonchev–Trinajstić information content (AvgIpc) is 2.86. The molecule has 2 aliphatic rings. The highest BCUT2D eigenvalue weighted by molar-refractivity contribution is 7.92. The molecule has 2 N–H and O–H groups in total. The van der Waals surface area contributed by atoms with Gasteiger partial charge < -0.3 is 5.32 Å². The number of sulfonamides is 1. The van der Waals surface area contributed by atoms with Crippen molar-refractivity contribution in [3.8, 4) is 0 Å². The first-order valence-corrected chi connectivity index (χ1v) is 9.11. The van der Waals surface area contributed by atoms with Crippen LogP contribution in [0.3, 0.4) is 0 Å². The molecule has 1 aliphatic heterocycles. The van der Waals surface area contributed by atoms with Gasteiger partial charge in [-0.15, -0.1) is 0 Å². The SMILES string of the molecule is O=S(=O)(CC1CCCNC1)Nc1ccc2c(c1)CCC2. The zero-order valence-electron chi connectivity index (χ0n) is 11.7. The minimum atomic E-state index is -3.24. The van der Waals surface area contributed by atoms with E-state index in [-0.39, 0.29) is 11.7 Å². The van der Waals surface area contributed by atoms with Crippen LogP contribution in [0.5, 0.6) is 0 Å². The topological polar surface area (TPSA) is 58.2 Å². The van der Waals surface area contributed by atoms with Crippen molar-refractivity contribution in [2.45, 2.75) is 32.1 Å². The van der Waals surface area contributed by atoms with Crippen molar-refractivity contribution in [1.82, 2.24) is 5.32 Å². The summed E-state index contributed by atoms with van der Waals surface area (Å²) in [6.07, 6.45) is 5.43. The van der Waals surface area contributed by atoms with Crippen LogP contribution in [0.1, 0.15) is 30.4 Å². The van der Waals surface area contributed by atoms with Gasteiger partial charge in [0.15, 0.2) is 0 Å². The third-order valence-corrected chi connectivity index (χ3v) is 5.68. The fourth-order valence-electron chi connectivity index (χ4n) is 3.23. The van der Waals surface area contributed by atoms with Gasteiger partial charge in [0.2, 0.25) is 10.0 Å². The van der Waals surface area contributed by atoms with Crippen molar-refractivity contribution in [1.29, 1.82) is 0 Å². The molecule has 1 aromatic carbocycles. The monoisotopic (exact) mass is 294 g/mol. The van der Waals surface area contributed by atoms with Crippen LogP contribution in [0.25, 0.3) is 0 Å². The summed E-state index contributed by atoms with van der Waals surface area (Å²) in [4.78, 5) is 0. The van der Waals surface area contributed by atoms with Crippen molar-refractivity contribution in [2.24, 2.45) is 5.92 Å². The first-order chi connectivity index (χ1) is 9.62. The van der Waals surface area contributed by atoms with Gasteiger partial charge in [-0.3, -0.25) is 4.72 Å². The Balaban J connectivity index is 1.66. The number of piperidine rings is 1. The van der Waals surface area contributed by atoms with Gasteiger partial charge in [0, 0.05) is 5.69 Å². The van der Waals surface area contributed by atoms with E-state index in [0.29, 0.717) is 0 Å². The Kier molecular flexibility index (Phi) is 3.98. The smallest absolute Gasteiger partial charge is 0.233 e. The molecule has 0 bridgehead atoms. The average molecular weight is 294 g/mol. The molecule has 0 aromatic heterocycles. The molecule has 0 amide bonds. The lowest BCUT2D eigenvalue weighted by Crippen LogP contribution is -2.35. The Hall–Kier alpha value is -1.07. The fraction of sp³-hybridized carbons (Fsp3) is 0.600. The molecular formula is C15H22N2O2S. The molecule has 3 rings (SSSR count). The van der Waals surface area contributed by atoms with Gasteiger partial charge in [0.25, 0.3) is 0 Å². The molecule has 5 heteroatoms. The maximum atomic E-state index is 12.2. The molecular weight excluding hydrogens is 272 g/mol. The van der Waals surface area contributed by atoms with Crippen LogP contribution in [0.15, 0.2) is 18.2 Å². The molecule has 0 radical (unpaired) electrons. The summed E-state index contributed by atoms with van der Waals surface area (Å²) in [7, 11) is -3.24. The lowest BCUT2D eigenvalue weighted by atomic mass is 10.0. The van der Waals surface area contributed by atoms with Crippen molar-refractivity contribution in [3.05, 3.63) is 29.3 Å². The number of rotatable bonds is 4. The molecule has 0 spiro atoms. The molecule has 1 saturated heterocycles. The summed E-state index contributed by atoms with van der Waals surface area (Å²) in [5.74, 6) is 0.451. The normalized spacial score (nSPS) is 22.5. The van der Waals surface area contributed by atoms with E-state index in [9.17, 15) is 8.42 Å². The van der Waals surface area contributed by atoms with Gasteiger partial charge in [0.1, 0.15) is 0 Å². The van der Waals surface area contributed by atoms with E-state index in [1.54, 1.807) is 0 Å². The number of benzene rings is 1. The third kappa shape index (κ3) is 3.33. The zero-order valence-corrected chi connectivity index (χ0v) is 12.5. The first-order valence-electron chi connectivity index (χ1n) is 7.45. The molecule has 1 atom stereocenters. The predicted molar refractivity (Wildman–Crippen MR) is 81.5 cm³/mol. The molecule has 1 fully saturated rings. The number of anilines is 1. The second kappa shape index (κ2) is 5.74. The highest BCUT2D eigenvalue weighted by Crippen LogP contribution is 2.25. The first kappa shape index (κ1) is 13.9. The maximum Gasteiger partial charge on any atom is 0.233 e. The second-order valence-corrected chi connectivity index (χ2v) is 7.70. The zero-order chi connectivity index (χ0) is 14.0. The largest absolute Gasteiger partial charge is 0.316 e. The highest BCUT2D eigenvalue weighted by Gasteiger charge is 2.21. The van der Waals surface area contributed by atoms with Crippen LogP contribution in [0, 0.1) is 5.92 Å². The van der Waals surface area contributed by atoms with E-state index in [1.165, 1.54) is 17.5 Å². The number of fused-ring (bicyclic) bond motifs is 1. The predicted octanol–water partition coefficient (Wildman–Crippen LogP) is 1.92. The maximum absolute atomic E-state index is 12.2. The molecule has 1 heterocycles. The van der Waals surface area contributed by atoms with Crippen molar-refractivity contribution < 1.29 is 8.42 Å². The van der Waals surface area contributed by atoms with E-state index in [2.05, 4.69) is 16.1 Å². The summed E-state index contributed by atoms with van der Waals surface area (Å²) >= 11 is 0. The Morgan fingerprint density at radius 1 is 1.20 bits per heavy atom. The third-order valence-electron chi connectivity index (χ3n) is 4.23. The number of hydrogen-bond acceptors (Lipinski definition) is 3. The quantitative estimate of drug-likeness (QED) is 0.892. The van der Waals surface area contributed by atoms with Crippen molar-refractivity contribution >= 4 is 15.7 Å². The van der Waals surface area contributed by atoms with Gasteiger partial charge in [-0.1, -0.05) is 6.07 Å². The Labute approximate surface area is 121 Å². The number of hydrogen-bond donors (Lipinski definition) is 2. The lowest BCUT2D eigenvalue weighted by Gasteiger charge is -2.22.